The molecular weight excluding hydrogens is 258 g/mol. The smallest absolute Gasteiger partial charge is 0.0355 e. The standard InChI is InChI=1S/C11H16BrNS/c1-4-8(3)14-11-5-7(2)10(13)6-9(11)12/h5-6,8H,4,13H2,1-3H3. The lowest BCUT2D eigenvalue weighted by Crippen LogP contribution is -1.95. The lowest BCUT2D eigenvalue weighted by molar-refractivity contribution is 0.905. The van der Waals surface area contributed by atoms with E-state index in [0.29, 0.717) is 5.25 Å². The van der Waals surface area contributed by atoms with E-state index in [1.165, 1.54) is 11.3 Å². The van der Waals surface area contributed by atoms with Crippen LogP contribution in [-0.2, 0) is 0 Å². The average molecular weight is 274 g/mol. The SMILES string of the molecule is CCC(C)Sc1cc(C)c(N)cc1Br. The highest BCUT2D eigenvalue weighted by atomic mass is 79.9. The summed E-state index contributed by atoms with van der Waals surface area (Å²) in [7, 11) is 0. The molecule has 1 unspecified atom stereocenters. The average Bonchev–Trinajstić information content (AvgIpc) is 2.14. The zero-order valence-electron chi connectivity index (χ0n) is 8.80. The van der Waals surface area contributed by atoms with Crippen LogP contribution in [0, 0.1) is 6.92 Å². The Hall–Kier alpha value is -0.150. The summed E-state index contributed by atoms with van der Waals surface area (Å²) in [5.41, 5.74) is 7.82. The number of nitrogens with two attached hydrogens (primary N) is 1. The lowest BCUT2D eigenvalue weighted by Gasteiger charge is -2.11. The van der Waals surface area contributed by atoms with E-state index in [1.807, 2.05) is 24.8 Å². The van der Waals surface area contributed by atoms with Gasteiger partial charge in [-0.05, 0) is 47.0 Å². The van der Waals surface area contributed by atoms with Gasteiger partial charge in [-0.1, -0.05) is 13.8 Å². The predicted molar refractivity (Wildman–Crippen MR) is 68.9 cm³/mol. The Morgan fingerprint density at radius 1 is 1.50 bits per heavy atom. The molecule has 0 aromatic heterocycles. The van der Waals surface area contributed by atoms with E-state index in [4.69, 9.17) is 5.73 Å². The number of halogens is 1. The van der Waals surface area contributed by atoms with Crippen molar-refractivity contribution in [2.75, 3.05) is 5.73 Å². The van der Waals surface area contributed by atoms with Crippen LogP contribution in [0.3, 0.4) is 0 Å². The summed E-state index contributed by atoms with van der Waals surface area (Å²) in [6.07, 6.45) is 1.18. The number of aryl methyl sites for hydroxylation is 1. The fraction of sp³-hybridized carbons (Fsp3) is 0.455. The molecule has 0 saturated heterocycles. The zero-order chi connectivity index (χ0) is 10.7. The molecule has 14 heavy (non-hydrogen) atoms. The van der Waals surface area contributed by atoms with Crippen molar-refractivity contribution in [1.82, 2.24) is 0 Å². The van der Waals surface area contributed by atoms with Crippen molar-refractivity contribution >= 4 is 33.4 Å². The van der Waals surface area contributed by atoms with Gasteiger partial charge in [-0.3, -0.25) is 0 Å². The Morgan fingerprint density at radius 3 is 2.71 bits per heavy atom. The van der Waals surface area contributed by atoms with E-state index in [9.17, 15) is 0 Å². The molecule has 0 fully saturated rings. The zero-order valence-corrected chi connectivity index (χ0v) is 11.2. The topological polar surface area (TPSA) is 26.0 Å². The molecule has 0 spiro atoms. The van der Waals surface area contributed by atoms with Gasteiger partial charge >= 0.3 is 0 Å². The summed E-state index contributed by atoms with van der Waals surface area (Å²) in [5.74, 6) is 0. The van der Waals surface area contributed by atoms with E-state index >= 15 is 0 Å². The number of hydrogen-bond donors (Lipinski definition) is 1. The van der Waals surface area contributed by atoms with E-state index in [1.54, 1.807) is 0 Å². The normalized spacial score (nSPS) is 12.9. The number of thioether (sulfide) groups is 1. The highest BCUT2D eigenvalue weighted by molar-refractivity contribution is 9.10. The fourth-order valence-corrected chi connectivity index (χ4v) is 2.72. The van der Waals surface area contributed by atoms with Crippen molar-refractivity contribution in [3.8, 4) is 0 Å². The second-order valence-electron chi connectivity index (χ2n) is 3.48. The van der Waals surface area contributed by atoms with Gasteiger partial charge in [-0.25, -0.2) is 0 Å². The maximum absolute atomic E-state index is 5.81. The molecule has 0 amide bonds. The summed E-state index contributed by atoms with van der Waals surface area (Å²) in [5, 5.41) is 0.648. The molecule has 0 bridgehead atoms. The summed E-state index contributed by atoms with van der Waals surface area (Å²) < 4.78 is 1.10. The van der Waals surface area contributed by atoms with Crippen molar-refractivity contribution in [3.05, 3.63) is 22.2 Å². The van der Waals surface area contributed by atoms with Gasteiger partial charge in [0.15, 0.2) is 0 Å². The molecule has 3 heteroatoms. The molecule has 0 saturated carbocycles. The molecule has 0 heterocycles. The predicted octanol–water partition coefficient (Wildman–Crippen LogP) is 4.23. The highest BCUT2D eigenvalue weighted by Crippen LogP contribution is 2.34. The number of hydrogen-bond acceptors (Lipinski definition) is 2. The maximum atomic E-state index is 5.81. The monoisotopic (exact) mass is 273 g/mol. The third kappa shape index (κ3) is 2.92. The van der Waals surface area contributed by atoms with Crippen LogP contribution < -0.4 is 5.73 Å². The van der Waals surface area contributed by atoms with Gasteiger partial charge in [-0.15, -0.1) is 11.8 Å². The van der Waals surface area contributed by atoms with Crippen molar-refractivity contribution in [3.63, 3.8) is 0 Å². The fourth-order valence-electron chi connectivity index (χ4n) is 1.06. The second kappa shape index (κ2) is 5.08. The van der Waals surface area contributed by atoms with E-state index < -0.39 is 0 Å². The Labute approximate surface area is 98.6 Å². The van der Waals surface area contributed by atoms with Crippen molar-refractivity contribution < 1.29 is 0 Å². The quantitative estimate of drug-likeness (QED) is 0.659. The second-order valence-corrected chi connectivity index (χ2v) is 5.81. The van der Waals surface area contributed by atoms with Gasteiger partial charge in [0.25, 0.3) is 0 Å². The third-order valence-electron chi connectivity index (χ3n) is 2.22. The molecule has 1 aromatic rings. The molecular formula is C11H16BrNS. The van der Waals surface area contributed by atoms with Crippen LogP contribution in [-0.4, -0.2) is 5.25 Å². The van der Waals surface area contributed by atoms with Crippen molar-refractivity contribution in [2.24, 2.45) is 0 Å². The molecule has 2 N–H and O–H groups in total. The Balaban J connectivity index is 2.92. The Morgan fingerprint density at radius 2 is 2.14 bits per heavy atom. The molecule has 1 aromatic carbocycles. The first-order valence-corrected chi connectivity index (χ1v) is 6.44. The van der Waals surface area contributed by atoms with E-state index in [-0.39, 0.29) is 0 Å². The first-order valence-electron chi connectivity index (χ1n) is 4.76. The number of anilines is 1. The van der Waals surface area contributed by atoms with Gasteiger partial charge < -0.3 is 5.73 Å². The summed E-state index contributed by atoms with van der Waals surface area (Å²) in [6.45, 7) is 6.49. The van der Waals surface area contributed by atoms with Crippen LogP contribution in [0.4, 0.5) is 5.69 Å². The molecule has 78 valence electrons. The molecule has 0 aliphatic carbocycles. The first kappa shape index (κ1) is 11.9. The van der Waals surface area contributed by atoms with Gasteiger partial charge in [0.2, 0.25) is 0 Å². The minimum atomic E-state index is 0.648. The van der Waals surface area contributed by atoms with E-state index in [2.05, 4.69) is 35.8 Å². The van der Waals surface area contributed by atoms with Crippen LogP contribution in [0.15, 0.2) is 21.5 Å². The maximum Gasteiger partial charge on any atom is 0.0355 e. The van der Waals surface area contributed by atoms with Crippen LogP contribution in [0.1, 0.15) is 25.8 Å². The molecule has 0 radical (unpaired) electrons. The molecule has 0 aliphatic rings. The van der Waals surface area contributed by atoms with Crippen LogP contribution in [0.2, 0.25) is 0 Å². The Bertz CT molecular complexity index is 325. The molecule has 1 atom stereocenters. The van der Waals surface area contributed by atoms with Crippen LogP contribution in [0.5, 0.6) is 0 Å². The Kier molecular flexibility index (Phi) is 4.32. The summed E-state index contributed by atoms with van der Waals surface area (Å²) >= 11 is 5.43. The van der Waals surface area contributed by atoms with Crippen molar-refractivity contribution in [1.29, 1.82) is 0 Å². The molecule has 0 aliphatic heterocycles. The van der Waals surface area contributed by atoms with Gasteiger partial charge in [-0.2, -0.15) is 0 Å². The molecule has 1 nitrogen and oxygen atoms in total. The first-order chi connectivity index (χ1) is 6.54. The number of nitrogen functional groups attached to an aromatic ring is 1. The highest BCUT2D eigenvalue weighted by Gasteiger charge is 2.07. The van der Waals surface area contributed by atoms with Crippen molar-refractivity contribution in [2.45, 2.75) is 37.3 Å². The van der Waals surface area contributed by atoms with Gasteiger partial charge in [0.05, 0.1) is 0 Å². The minimum absolute atomic E-state index is 0.648. The minimum Gasteiger partial charge on any atom is -0.398 e. The third-order valence-corrected chi connectivity index (χ3v) is 4.47. The van der Waals surface area contributed by atoms with Crippen LogP contribution >= 0.6 is 27.7 Å². The lowest BCUT2D eigenvalue weighted by atomic mass is 10.2. The summed E-state index contributed by atoms with van der Waals surface area (Å²) in [4.78, 5) is 1.28. The van der Waals surface area contributed by atoms with Gasteiger partial charge in [0, 0.05) is 20.3 Å². The van der Waals surface area contributed by atoms with Gasteiger partial charge in [0.1, 0.15) is 0 Å². The summed E-state index contributed by atoms with van der Waals surface area (Å²) in [6, 6.07) is 4.14. The number of benzene rings is 1. The van der Waals surface area contributed by atoms with E-state index in [0.717, 1.165) is 15.7 Å². The van der Waals surface area contributed by atoms with Crippen LogP contribution in [0.25, 0.3) is 0 Å². The number of rotatable bonds is 3. The largest absolute Gasteiger partial charge is 0.398 e. The molecule has 1 rings (SSSR count).